The van der Waals surface area contributed by atoms with E-state index in [4.69, 9.17) is 14.2 Å². The van der Waals surface area contributed by atoms with Crippen molar-refractivity contribution < 1.29 is 28.6 Å². The zero-order valence-electron chi connectivity index (χ0n) is 56.5. The molecule has 1 unspecified atom stereocenters. The highest BCUT2D eigenvalue weighted by Crippen LogP contribution is 2.19. The molecule has 6 nitrogen and oxygen atoms in total. The maximum atomic E-state index is 13.0. The molecule has 490 valence electrons. The van der Waals surface area contributed by atoms with Crippen molar-refractivity contribution in [1.29, 1.82) is 0 Å². The van der Waals surface area contributed by atoms with Gasteiger partial charge in [-0.15, -0.1) is 0 Å². The zero-order chi connectivity index (χ0) is 59.9. The Bertz CT molecular complexity index is 1340. The topological polar surface area (TPSA) is 78.9 Å². The largest absolute Gasteiger partial charge is 0.462 e. The lowest BCUT2D eigenvalue weighted by molar-refractivity contribution is -0.167. The van der Waals surface area contributed by atoms with Gasteiger partial charge in [-0.1, -0.05) is 366 Å². The first-order valence-corrected chi connectivity index (χ1v) is 37.8. The molecule has 6 heteroatoms. The van der Waals surface area contributed by atoms with E-state index in [0.717, 1.165) is 64.2 Å². The molecule has 0 aliphatic heterocycles. The Labute approximate surface area is 519 Å². The molecule has 0 N–H and O–H groups in total. The second-order valence-electron chi connectivity index (χ2n) is 25.9. The van der Waals surface area contributed by atoms with E-state index in [1.807, 2.05) is 0 Å². The van der Waals surface area contributed by atoms with Gasteiger partial charge in [-0.2, -0.15) is 0 Å². The van der Waals surface area contributed by atoms with Gasteiger partial charge in [0, 0.05) is 19.3 Å². The molecule has 1 atom stereocenters. The minimum atomic E-state index is -0.774. The Morgan fingerprint density at radius 2 is 0.398 bits per heavy atom. The van der Waals surface area contributed by atoms with Crippen LogP contribution in [-0.4, -0.2) is 37.2 Å². The number of esters is 3. The normalized spacial score (nSPS) is 12.1. The average molecular weight is 1170 g/mol. The molecule has 0 aliphatic rings. The maximum absolute atomic E-state index is 13.0. The van der Waals surface area contributed by atoms with Crippen LogP contribution in [0.1, 0.15) is 432 Å². The van der Waals surface area contributed by atoms with E-state index >= 15 is 0 Å². The van der Waals surface area contributed by atoms with Crippen molar-refractivity contribution in [3.63, 3.8) is 0 Å². The maximum Gasteiger partial charge on any atom is 0.306 e. The van der Waals surface area contributed by atoms with Crippen LogP contribution in [0.3, 0.4) is 0 Å². The molecule has 0 saturated heterocycles. The highest BCUT2D eigenvalue weighted by molar-refractivity contribution is 5.71. The Balaban J connectivity index is 4.17. The number of carbonyl (C=O) groups is 3. The molecule has 0 amide bonds. The third-order valence-electron chi connectivity index (χ3n) is 17.4. The third kappa shape index (κ3) is 70.5. The molecule has 0 bridgehead atoms. The summed E-state index contributed by atoms with van der Waals surface area (Å²) in [4.78, 5) is 38.5. The van der Waals surface area contributed by atoms with Gasteiger partial charge in [0.25, 0.3) is 0 Å². The van der Waals surface area contributed by atoms with Gasteiger partial charge in [0.15, 0.2) is 6.10 Å². The van der Waals surface area contributed by atoms with Crippen molar-refractivity contribution >= 4 is 17.9 Å². The van der Waals surface area contributed by atoms with Crippen LogP contribution in [0.25, 0.3) is 0 Å². The summed E-state index contributed by atoms with van der Waals surface area (Å²) in [6.07, 6.45) is 89.5. The molecular formula is C77H146O6. The number of hydrogen-bond acceptors (Lipinski definition) is 6. The fourth-order valence-electron chi connectivity index (χ4n) is 11.7. The average Bonchev–Trinajstić information content (AvgIpc) is 3.50. The molecule has 0 rings (SSSR count). The highest BCUT2D eigenvalue weighted by Gasteiger charge is 2.20. The van der Waals surface area contributed by atoms with Crippen LogP contribution in [-0.2, 0) is 28.6 Å². The number of hydrogen-bond donors (Lipinski definition) is 0. The summed E-state index contributed by atoms with van der Waals surface area (Å²) in [5.74, 6) is -0.847. The predicted molar refractivity (Wildman–Crippen MR) is 363 cm³/mol. The number of ether oxygens (including phenoxy) is 3. The summed E-state index contributed by atoms with van der Waals surface area (Å²) < 4.78 is 17.0. The minimum absolute atomic E-state index is 0.0691. The summed E-state index contributed by atoms with van der Waals surface area (Å²) in [7, 11) is 0. The molecule has 0 aromatic heterocycles. The van der Waals surface area contributed by atoms with Crippen LogP contribution >= 0.6 is 0 Å². The molecular weight excluding hydrogens is 1020 g/mol. The standard InChI is InChI=1S/C77H146O6/c1-4-7-10-13-16-19-22-25-28-30-32-34-35-36-37-38-39-40-41-42-44-45-47-49-52-55-58-61-64-67-70-76(79)82-73-74(72-81-75(78)69-66-63-60-57-54-51-27-24-21-18-15-12-9-6-3)83-77(80)71-68-65-62-59-56-53-50-48-46-43-33-31-29-26-23-20-17-14-11-8-5-2/h24,27,31,33,74H,4-23,25-26,28-30,32,34-73H2,1-3H3/b27-24-,33-31-. The van der Waals surface area contributed by atoms with E-state index < -0.39 is 6.10 Å². The van der Waals surface area contributed by atoms with Gasteiger partial charge in [0.05, 0.1) is 0 Å². The predicted octanol–water partition coefficient (Wildman–Crippen LogP) is 26.1. The first-order valence-electron chi connectivity index (χ1n) is 37.8. The van der Waals surface area contributed by atoms with E-state index in [0.29, 0.717) is 19.3 Å². The number of allylic oxidation sites excluding steroid dienone is 4. The Kier molecular flexibility index (Phi) is 70.5. The fourth-order valence-corrected chi connectivity index (χ4v) is 11.7. The monoisotopic (exact) mass is 1170 g/mol. The number of carbonyl (C=O) groups excluding carboxylic acids is 3. The van der Waals surface area contributed by atoms with E-state index in [9.17, 15) is 14.4 Å². The van der Waals surface area contributed by atoms with E-state index in [1.165, 1.54) is 327 Å². The van der Waals surface area contributed by atoms with Gasteiger partial charge < -0.3 is 14.2 Å². The number of rotatable bonds is 71. The third-order valence-corrected chi connectivity index (χ3v) is 17.4. The molecule has 0 fully saturated rings. The van der Waals surface area contributed by atoms with Crippen LogP contribution in [0.15, 0.2) is 24.3 Å². The van der Waals surface area contributed by atoms with Crippen molar-refractivity contribution in [3.8, 4) is 0 Å². The Hall–Kier alpha value is -2.11. The molecule has 83 heavy (non-hydrogen) atoms. The quantitative estimate of drug-likeness (QED) is 0.0261. The molecule has 0 saturated carbocycles. The van der Waals surface area contributed by atoms with Crippen LogP contribution in [0.5, 0.6) is 0 Å². The van der Waals surface area contributed by atoms with E-state index in [1.54, 1.807) is 0 Å². The lowest BCUT2D eigenvalue weighted by Crippen LogP contribution is -2.30. The minimum Gasteiger partial charge on any atom is -0.462 e. The smallest absolute Gasteiger partial charge is 0.306 e. The Morgan fingerprint density at radius 3 is 0.602 bits per heavy atom. The van der Waals surface area contributed by atoms with Gasteiger partial charge >= 0.3 is 17.9 Å². The first-order chi connectivity index (χ1) is 41.0. The van der Waals surface area contributed by atoms with Gasteiger partial charge in [-0.25, -0.2) is 0 Å². The Morgan fingerprint density at radius 1 is 0.229 bits per heavy atom. The highest BCUT2D eigenvalue weighted by atomic mass is 16.6. The van der Waals surface area contributed by atoms with Crippen molar-refractivity contribution in [1.82, 2.24) is 0 Å². The summed E-state index contributed by atoms with van der Waals surface area (Å²) in [5, 5.41) is 0. The van der Waals surface area contributed by atoms with E-state index in [-0.39, 0.29) is 31.1 Å². The van der Waals surface area contributed by atoms with Gasteiger partial charge in [-0.05, 0) is 70.6 Å². The summed E-state index contributed by atoms with van der Waals surface area (Å²) in [6, 6.07) is 0. The molecule has 0 spiro atoms. The second-order valence-corrected chi connectivity index (χ2v) is 25.9. The van der Waals surface area contributed by atoms with E-state index in [2.05, 4.69) is 45.1 Å². The molecule has 0 radical (unpaired) electrons. The second kappa shape index (κ2) is 72.4. The van der Waals surface area contributed by atoms with Crippen molar-refractivity contribution in [2.24, 2.45) is 0 Å². The molecule has 0 aromatic rings. The van der Waals surface area contributed by atoms with Gasteiger partial charge in [0.2, 0.25) is 0 Å². The molecule has 0 heterocycles. The van der Waals surface area contributed by atoms with Crippen molar-refractivity contribution in [3.05, 3.63) is 24.3 Å². The lowest BCUT2D eigenvalue weighted by atomic mass is 10.0. The van der Waals surface area contributed by atoms with Gasteiger partial charge in [-0.3, -0.25) is 14.4 Å². The summed E-state index contributed by atoms with van der Waals surface area (Å²) in [5.41, 5.74) is 0. The van der Waals surface area contributed by atoms with Crippen LogP contribution < -0.4 is 0 Å². The summed E-state index contributed by atoms with van der Waals surface area (Å²) >= 11 is 0. The fraction of sp³-hybridized carbons (Fsp3) is 0.909. The molecule has 0 aromatic carbocycles. The SMILES string of the molecule is CCCCCCC/C=C\CCCCCCCC(=O)OCC(COC(=O)CCCCCCCCCCCCCCCCCCCCCCCCCCCCCCCC)OC(=O)CCCCCCCCCCC/C=C\CCCCCCCCCC. The van der Waals surface area contributed by atoms with Crippen molar-refractivity contribution in [2.75, 3.05) is 13.2 Å². The van der Waals surface area contributed by atoms with Crippen molar-refractivity contribution in [2.45, 2.75) is 438 Å². The van der Waals surface area contributed by atoms with Gasteiger partial charge in [0.1, 0.15) is 13.2 Å². The lowest BCUT2D eigenvalue weighted by Gasteiger charge is -2.18. The molecule has 0 aliphatic carbocycles. The first kappa shape index (κ1) is 80.9. The number of unbranched alkanes of at least 4 members (excludes halogenated alkanes) is 56. The van der Waals surface area contributed by atoms with Crippen LogP contribution in [0, 0.1) is 0 Å². The summed E-state index contributed by atoms with van der Waals surface area (Å²) in [6.45, 7) is 6.71. The van der Waals surface area contributed by atoms with Crippen LogP contribution in [0.2, 0.25) is 0 Å². The zero-order valence-corrected chi connectivity index (χ0v) is 56.5. The van der Waals surface area contributed by atoms with Crippen LogP contribution in [0.4, 0.5) is 0 Å².